The lowest BCUT2D eigenvalue weighted by atomic mass is 9.97. The Hall–Kier alpha value is -2.62. The number of ether oxygens (including phenoxy) is 1. The van der Waals surface area contributed by atoms with Gasteiger partial charge < -0.3 is 9.84 Å². The fraction of sp³-hybridized carbons (Fsp3) is 0.278. The van der Waals surface area contributed by atoms with Crippen LogP contribution in [0.15, 0.2) is 29.1 Å². The first kappa shape index (κ1) is 18.7. The molecule has 130 valence electrons. The van der Waals surface area contributed by atoms with E-state index in [-0.39, 0.29) is 23.2 Å². The molecule has 0 fully saturated rings. The van der Waals surface area contributed by atoms with Crippen LogP contribution in [0.5, 0.6) is 5.88 Å². The first-order valence-electron chi connectivity index (χ1n) is 7.58. The van der Waals surface area contributed by atoms with Crippen molar-refractivity contribution in [2.75, 3.05) is 13.7 Å². The van der Waals surface area contributed by atoms with E-state index in [4.69, 9.17) is 16.3 Å². The number of aromatic hydroxyl groups is 1. The zero-order valence-electron chi connectivity index (χ0n) is 13.9. The van der Waals surface area contributed by atoms with Crippen molar-refractivity contribution in [1.29, 1.82) is 5.26 Å². The second-order valence-corrected chi connectivity index (χ2v) is 5.89. The summed E-state index contributed by atoms with van der Waals surface area (Å²) in [6.07, 6.45) is 0.451. The highest BCUT2D eigenvalue weighted by Gasteiger charge is 2.24. The number of ketones is 1. The summed E-state index contributed by atoms with van der Waals surface area (Å²) in [6, 6.07) is 7.99. The fourth-order valence-electron chi connectivity index (χ4n) is 2.54. The number of benzene rings is 1. The number of hydrogen-bond donors (Lipinski definition) is 1. The highest BCUT2D eigenvalue weighted by Crippen LogP contribution is 2.25. The molecule has 0 amide bonds. The minimum atomic E-state index is -0.624. The van der Waals surface area contributed by atoms with Gasteiger partial charge in [-0.2, -0.15) is 5.26 Å². The molecular weight excluding hydrogens is 344 g/mol. The van der Waals surface area contributed by atoms with Gasteiger partial charge >= 0.3 is 0 Å². The van der Waals surface area contributed by atoms with E-state index in [1.54, 1.807) is 12.1 Å². The zero-order chi connectivity index (χ0) is 18.6. The van der Waals surface area contributed by atoms with Crippen molar-refractivity contribution >= 4 is 17.4 Å². The Morgan fingerprint density at radius 3 is 2.56 bits per heavy atom. The van der Waals surface area contributed by atoms with Gasteiger partial charge in [0.25, 0.3) is 5.56 Å². The van der Waals surface area contributed by atoms with E-state index in [9.17, 15) is 20.0 Å². The van der Waals surface area contributed by atoms with Crippen molar-refractivity contribution in [2.45, 2.75) is 19.9 Å². The number of rotatable bonds is 6. The van der Waals surface area contributed by atoms with Crippen LogP contribution in [-0.2, 0) is 11.3 Å². The second-order valence-electron chi connectivity index (χ2n) is 5.45. The number of carbonyl (C=O) groups is 1. The maximum Gasteiger partial charge on any atom is 0.271 e. The molecule has 0 aliphatic carbocycles. The third-order valence-electron chi connectivity index (χ3n) is 3.86. The Labute approximate surface area is 149 Å². The minimum absolute atomic E-state index is 0.0594. The predicted octanol–water partition coefficient (Wildman–Crippen LogP) is 2.65. The van der Waals surface area contributed by atoms with Crippen molar-refractivity contribution in [3.8, 4) is 11.9 Å². The third-order valence-corrected chi connectivity index (χ3v) is 4.12. The van der Waals surface area contributed by atoms with E-state index in [0.29, 0.717) is 23.6 Å². The summed E-state index contributed by atoms with van der Waals surface area (Å²) in [6.45, 7) is 1.98. The number of carbonyl (C=O) groups excluding carboxylic acids is 1. The number of methoxy groups -OCH3 is 1. The summed E-state index contributed by atoms with van der Waals surface area (Å²) < 4.78 is 5.98. The summed E-state index contributed by atoms with van der Waals surface area (Å²) in [5.41, 5.74) is -0.383. The molecule has 0 aliphatic heterocycles. The molecular formula is C18H17ClN2O4. The van der Waals surface area contributed by atoms with Gasteiger partial charge in [-0.05, 0) is 43.2 Å². The Balaban J connectivity index is 2.62. The van der Waals surface area contributed by atoms with Gasteiger partial charge in [-0.1, -0.05) is 11.6 Å². The van der Waals surface area contributed by atoms with Crippen LogP contribution in [0.2, 0.25) is 5.02 Å². The van der Waals surface area contributed by atoms with Crippen molar-refractivity contribution in [3.63, 3.8) is 0 Å². The molecule has 0 bridgehead atoms. The van der Waals surface area contributed by atoms with E-state index in [1.165, 1.54) is 26.2 Å². The van der Waals surface area contributed by atoms with Crippen LogP contribution >= 0.6 is 11.6 Å². The highest BCUT2D eigenvalue weighted by molar-refractivity contribution is 6.30. The van der Waals surface area contributed by atoms with Crippen molar-refractivity contribution in [1.82, 2.24) is 4.57 Å². The van der Waals surface area contributed by atoms with Gasteiger partial charge in [0.15, 0.2) is 5.78 Å². The van der Waals surface area contributed by atoms with E-state index in [1.807, 2.05) is 6.07 Å². The Bertz CT molecular complexity index is 895. The first-order valence-corrected chi connectivity index (χ1v) is 7.95. The summed E-state index contributed by atoms with van der Waals surface area (Å²) in [4.78, 5) is 25.2. The van der Waals surface area contributed by atoms with Gasteiger partial charge in [0.2, 0.25) is 5.88 Å². The number of hydrogen-bond acceptors (Lipinski definition) is 5. The monoisotopic (exact) mass is 360 g/mol. The van der Waals surface area contributed by atoms with Crippen molar-refractivity contribution < 1.29 is 14.6 Å². The van der Waals surface area contributed by atoms with Crippen LogP contribution in [0.3, 0.4) is 0 Å². The summed E-state index contributed by atoms with van der Waals surface area (Å²) in [5, 5.41) is 20.3. The molecule has 6 nitrogen and oxygen atoms in total. The lowest BCUT2D eigenvalue weighted by Crippen LogP contribution is -2.27. The van der Waals surface area contributed by atoms with Crippen LogP contribution in [0.1, 0.15) is 33.5 Å². The lowest BCUT2D eigenvalue weighted by Gasteiger charge is -2.15. The Morgan fingerprint density at radius 1 is 1.36 bits per heavy atom. The van der Waals surface area contributed by atoms with Crippen LogP contribution in [0, 0.1) is 18.3 Å². The van der Waals surface area contributed by atoms with E-state index in [2.05, 4.69) is 0 Å². The van der Waals surface area contributed by atoms with E-state index in [0.717, 1.165) is 4.57 Å². The largest absolute Gasteiger partial charge is 0.494 e. The first-order chi connectivity index (χ1) is 11.9. The lowest BCUT2D eigenvalue weighted by molar-refractivity contribution is 0.103. The molecule has 0 spiro atoms. The molecule has 0 saturated carbocycles. The molecule has 7 heteroatoms. The van der Waals surface area contributed by atoms with Gasteiger partial charge in [-0.15, -0.1) is 0 Å². The zero-order valence-corrected chi connectivity index (χ0v) is 14.6. The molecule has 0 aliphatic rings. The average Bonchev–Trinajstić information content (AvgIpc) is 2.59. The van der Waals surface area contributed by atoms with Gasteiger partial charge in [0, 0.05) is 30.8 Å². The van der Waals surface area contributed by atoms with Crippen molar-refractivity contribution in [3.05, 3.63) is 61.9 Å². The summed E-state index contributed by atoms with van der Waals surface area (Å²) in [5.74, 6) is -0.929. The van der Waals surface area contributed by atoms with Crippen LogP contribution in [0.25, 0.3) is 0 Å². The number of aromatic nitrogens is 1. The molecule has 1 aromatic carbocycles. The molecule has 25 heavy (non-hydrogen) atoms. The second kappa shape index (κ2) is 7.97. The highest BCUT2D eigenvalue weighted by atomic mass is 35.5. The Kier molecular flexibility index (Phi) is 5.97. The van der Waals surface area contributed by atoms with E-state index >= 15 is 0 Å². The predicted molar refractivity (Wildman–Crippen MR) is 93.2 cm³/mol. The topological polar surface area (TPSA) is 92.3 Å². The van der Waals surface area contributed by atoms with Crippen LogP contribution in [0.4, 0.5) is 0 Å². The van der Waals surface area contributed by atoms with Crippen molar-refractivity contribution in [2.24, 2.45) is 0 Å². The van der Waals surface area contributed by atoms with Gasteiger partial charge in [-0.3, -0.25) is 14.2 Å². The standard InChI is InChI=1S/C18H17ClN2O4/c1-11-14(10-20)17(23)21(8-3-9-25-2)18(24)15(11)16(22)12-4-6-13(19)7-5-12/h4-7,24H,3,8-9H2,1-2H3. The maximum absolute atomic E-state index is 12.8. The van der Waals surface area contributed by atoms with E-state index < -0.39 is 17.2 Å². The Morgan fingerprint density at radius 2 is 2.00 bits per heavy atom. The molecule has 2 aromatic rings. The smallest absolute Gasteiger partial charge is 0.271 e. The molecule has 0 unspecified atom stereocenters. The average molecular weight is 361 g/mol. The molecule has 2 rings (SSSR count). The summed E-state index contributed by atoms with van der Waals surface area (Å²) in [7, 11) is 1.52. The number of nitrogens with zero attached hydrogens (tertiary/aromatic N) is 2. The minimum Gasteiger partial charge on any atom is -0.494 e. The van der Waals surface area contributed by atoms with Crippen LogP contribution in [-0.4, -0.2) is 29.2 Å². The molecule has 1 aromatic heterocycles. The van der Waals surface area contributed by atoms with Gasteiger partial charge in [-0.25, -0.2) is 0 Å². The third kappa shape index (κ3) is 3.73. The maximum atomic E-state index is 12.8. The SMILES string of the molecule is COCCCn1c(O)c(C(=O)c2ccc(Cl)cc2)c(C)c(C#N)c1=O. The normalized spacial score (nSPS) is 10.5. The van der Waals surface area contributed by atoms with Gasteiger partial charge in [0.1, 0.15) is 11.6 Å². The quantitative estimate of drug-likeness (QED) is 0.631. The number of pyridine rings is 1. The van der Waals surface area contributed by atoms with Crippen LogP contribution < -0.4 is 5.56 Å². The molecule has 0 radical (unpaired) electrons. The number of halogens is 1. The van der Waals surface area contributed by atoms with Gasteiger partial charge in [0.05, 0.1) is 5.56 Å². The molecule has 0 atom stereocenters. The molecule has 0 saturated heterocycles. The summed E-state index contributed by atoms with van der Waals surface area (Å²) >= 11 is 5.83. The number of nitriles is 1. The molecule has 1 heterocycles. The molecule has 1 N–H and O–H groups in total. The fourth-order valence-corrected chi connectivity index (χ4v) is 2.67.